The normalized spacial score (nSPS) is 28.5. The Hall–Kier alpha value is -0.470. The monoisotopic (exact) mass is 303 g/mol. The van der Waals surface area contributed by atoms with E-state index in [1.54, 1.807) is 15.8 Å². The highest BCUT2D eigenvalue weighted by Gasteiger charge is 2.42. The molecule has 0 spiro atoms. The lowest BCUT2D eigenvalue weighted by molar-refractivity contribution is -0.0241. The summed E-state index contributed by atoms with van der Waals surface area (Å²) in [6.07, 6.45) is 2.90. The minimum Gasteiger partial charge on any atom is -0.391 e. The molecule has 19 heavy (non-hydrogen) atoms. The van der Waals surface area contributed by atoms with Crippen LogP contribution in [0.3, 0.4) is 0 Å². The molecule has 0 amide bonds. The van der Waals surface area contributed by atoms with E-state index >= 15 is 0 Å². The van der Waals surface area contributed by atoms with Gasteiger partial charge in [-0.05, 0) is 25.3 Å². The van der Waals surface area contributed by atoms with Crippen molar-refractivity contribution in [3.63, 3.8) is 0 Å². The summed E-state index contributed by atoms with van der Waals surface area (Å²) in [6, 6.07) is 1.55. The Bertz CT molecular complexity index is 554. The second kappa shape index (κ2) is 5.14. The predicted molar refractivity (Wildman–Crippen MR) is 71.5 cm³/mol. The summed E-state index contributed by atoms with van der Waals surface area (Å²) < 4.78 is 32.5. The summed E-state index contributed by atoms with van der Waals surface area (Å²) in [7, 11) is -3.45. The van der Waals surface area contributed by atoms with Gasteiger partial charge in [-0.1, -0.05) is 0 Å². The van der Waals surface area contributed by atoms with Gasteiger partial charge in [0.2, 0.25) is 10.0 Å². The Morgan fingerprint density at radius 2 is 2.32 bits per heavy atom. The second-order valence-electron chi connectivity index (χ2n) is 4.93. The third kappa shape index (κ3) is 2.34. The molecule has 7 heteroatoms. The molecule has 0 aromatic carbocycles. The first-order valence-corrected chi connectivity index (χ1v) is 8.76. The van der Waals surface area contributed by atoms with E-state index in [2.05, 4.69) is 0 Å². The van der Waals surface area contributed by atoms with Crippen LogP contribution in [0, 0.1) is 0 Å². The maximum Gasteiger partial charge on any atom is 0.244 e. The van der Waals surface area contributed by atoms with Crippen LogP contribution in [-0.4, -0.2) is 43.1 Å². The molecule has 1 aromatic heterocycles. The summed E-state index contributed by atoms with van der Waals surface area (Å²) in [5, 5.41) is 10.7. The van der Waals surface area contributed by atoms with Crippen molar-refractivity contribution in [2.24, 2.45) is 0 Å². The van der Waals surface area contributed by atoms with E-state index in [1.165, 1.54) is 11.3 Å². The topological polar surface area (TPSA) is 66.8 Å². The van der Waals surface area contributed by atoms with Gasteiger partial charge in [-0.2, -0.15) is 4.31 Å². The lowest BCUT2D eigenvalue weighted by Crippen LogP contribution is -2.50. The van der Waals surface area contributed by atoms with E-state index in [0.717, 1.165) is 19.3 Å². The van der Waals surface area contributed by atoms with Crippen LogP contribution in [0.2, 0.25) is 0 Å². The highest BCUT2D eigenvalue weighted by atomic mass is 32.2. The summed E-state index contributed by atoms with van der Waals surface area (Å²) in [5.41, 5.74) is 0. The summed E-state index contributed by atoms with van der Waals surface area (Å²) in [4.78, 5) is 0.976. The van der Waals surface area contributed by atoms with Crippen LogP contribution >= 0.6 is 11.3 Å². The maximum absolute atomic E-state index is 12.7. The van der Waals surface area contributed by atoms with Crippen molar-refractivity contribution in [1.29, 1.82) is 0 Å². The summed E-state index contributed by atoms with van der Waals surface area (Å²) >= 11 is 1.28. The van der Waals surface area contributed by atoms with Gasteiger partial charge < -0.3 is 9.84 Å². The SMILES string of the molecule is O=S(=O)(c1csc(CO)c1)N1CCOC2CCCC21. The van der Waals surface area contributed by atoms with Crippen molar-refractivity contribution < 1.29 is 18.3 Å². The second-order valence-corrected chi connectivity index (χ2v) is 7.82. The molecule has 0 bridgehead atoms. The fourth-order valence-corrected chi connectivity index (χ4v) is 5.69. The molecule has 1 saturated heterocycles. The number of rotatable bonds is 3. The molecule has 2 aliphatic rings. The summed E-state index contributed by atoms with van der Waals surface area (Å²) in [5.74, 6) is 0. The van der Waals surface area contributed by atoms with Crippen LogP contribution in [0.4, 0.5) is 0 Å². The van der Waals surface area contributed by atoms with E-state index in [9.17, 15) is 8.42 Å². The largest absolute Gasteiger partial charge is 0.391 e. The lowest BCUT2D eigenvalue weighted by Gasteiger charge is -2.36. The van der Waals surface area contributed by atoms with Crippen LogP contribution in [0.25, 0.3) is 0 Å². The molecule has 2 unspecified atom stereocenters. The van der Waals surface area contributed by atoms with Gasteiger partial charge in [0.25, 0.3) is 0 Å². The van der Waals surface area contributed by atoms with Crippen molar-refractivity contribution in [2.75, 3.05) is 13.2 Å². The van der Waals surface area contributed by atoms with Gasteiger partial charge in [-0.25, -0.2) is 8.42 Å². The number of thiophene rings is 1. The van der Waals surface area contributed by atoms with Crippen molar-refractivity contribution in [1.82, 2.24) is 4.31 Å². The van der Waals surface area contributed by atoms with E-state index in [1.807, 2.05) is 0 Å². The standard InChI is InChI=1S/C12H17NO4S2/c14-7-9-6-10(8-18-9)19(15,16)13-4-5-17-12-3-1-2-11(12)13/h6,8,11-12,14H,1-5,7H2. The van der Waals surface area contributed by atoms with Crippen LogP contribution in [0.5, 0.6) is 0 Å². The minimum atomic E-state index is -3.45. The average molecular weight is 303 g/mol. The van der Waals surface area contributed by atoms with Crippen LogP contribution in [0.1, 0.15) is 24.1 Å². The average Bonchev–Trinajstić information content (AvgIpc) is 3.06. The quantitative estimate of drug-likeness (QED) is 0.910. The molecule has 1 saturated carbocycles. The molecule has 2 heterocycles. The van der Waals surface area contributed by atoms with Crippen LogP contribution in [0.15, 0.2) is 16.3 Å². The summed E-state index contributed by atoms with van der Waals surface area (Å²) in [6.45, 7) is 0.778. The van der Waals surface area contributed by atoms with Crippen molar-refractivity contribution in [3.8, 4) is 0 Å². The van der Waals surface area contributed by atoms with Crippen molar-refractivity contribution in [2.45, 2.75) is 42.9 Å². The third-order valence-corrected chi connectivity index (χ3v) is 6.80. The van der Waals surface area contributed by atoms with E-state index in [0.29, 0.717) is 22.9 Å². The van der Waals surface area contributed by atoms with Crippen molar-refractivity contribution in [3.05, 3.63) is 16.3 Å². The number of morpholine rings is 1. The van der Waals surface area contributed by atoms with Gasteiger partial charge in [-0.15, -0.1) is 11.3 Å². The highest BCUT2D eigenvalue weighted by Crippen LogP contribution is 2.34. The molecule has 5 nitrogen and oxygen atoms in total. The van der Waals surface area contributed by atoms with Crippen LogP contribution < -0.4 is 0 Å². The molecule has 1 N–H and O–H groups in total. The molecule has 2 atom stereocenters. The van der Waals surface area contributed by atoms with Crippen LogP contribution in [-0.2, 0) is 21.4 Å². The molecular formula is C12H17NO4S2. The fraction of sp³-hybridized carbons (Fsp3) is 0.667. The van der Waals surface area contributed by atoms with E-state index < -0.39 is 10.0 Å². The fourth-order valence-electron chi connectivity index (χ4n) is 2.90. The Morgan fingerprint density at radius 3 is 3.05 bits per heavy atom. The molecule has 3 rings (SSSR count). The molecule has 1 aromatic rings. The van der Waals surface area contributed by atoms with E-state index in [-0.39, 0.29) is 18.8 Å². The molecule has 2 fully saturated rings. The smallest absolute Gasteiger partial charge is 0.244 e. The number of aliphatic hydroxyl groups is 1. The number of aliphatic hydroxyl groups excluding tert-OH is 1. The number of hydrogen-bond donors (Lipinski definition) is 1. The predicted octanol–water partition coefficient (Wildman–Crippen LogP) is 1.18. The zero-order chi connectivity index (χ0) is 13.5. The zero-order valence-corrected chi connectivity index (χ0v) is 12.1. The zero-order valence-electron chi connectivity index (χ0n) is 10.5. The molecular weight excluding hydrogens is 286 g/mol. The van der Waals surface area contributed by atoms with Gasteiger partial charge in [-0.3, -0.25) is 0 Å². The number of nitrogens with zero attached hydrogens (tertiary/aromatic N) is 1. The number of hydrogen-bond acceptors (Lipinski definition) is 5. The van der Waals surface area contributed by atoms with Gasteiger partial charge in [0.05, 0.1) is 30.3 Å². The first kappa shape index (κ1) is 13.5. The van der Waals surface area contributed by atoms with Gasteiger partial charge in [0.15, 0.2) is 0 Å². The number of sulfonamides is 1. The Morgan fingerprint density at radius 1 is 1.47 bits per heavy atom. The molecule has 1 aliphatic heterocycles. The molecule has 0 radical (unpaired) electrons. The lowest BCUT2D eigenvalue weighted by atomic mass is 10.2. The highest BCUT2D eigenvalue weighted by molar-refractivity contribution is 7.89. The van der Waals surface area contributed by atoms with E-state index in [4.69, 9.17) is 9.84 Å². The van der Waals surface area contributed by atoms with Gasteiger partial charge in [0, 0.05) is 16.8 Å². The van der Waals surface area contributed by atoms with Crippen molar-refractivity contribution >= 4 is 21.4 Å². The van der Waals surface area contributed by atoms with Gasteiger partial charge >= 0.3 is 0 Å². The number of fused-ring (bicyclic) bond motifs is 1. The first-order valence-electron chi connectivity index (χ1n) is 6.44. The Labute approximate surface area is 116 Å². The first-order chi connectivity index (χ1) is 9.13. The molecule has 1 aliphatic carbocycles. The minimum absolute atomic E-state index is 0.0174. The van der Waals surface area contributed by atoms with Gasteiger partial charge in [0.1, 0.15) is 0 Å². The number of ether oxygens (including phenoxy) is 1. The molecule has 106 valence electrons. The Kier molecular flexibility index (Phi) is 3.65. The Balaban J connectivity index is 1.90. The third-order valence-electron chi connectivity index (χ3n) is 3.82. The maximum atomic E-state index is 12.7.